The van der Waals surface area contributed by atoms with Crippen LogP contribution in [0.5, 0.6) is 0 Å². The van der Waals surface area contributed by atoms with Gasteiger partial charge in [-0.05, 0) is 17.7 Å². The minimum absolute atomic E-state index is 0.160. The Kier molecular flexibility index (Phi) is 3.75. The van der Waals surface area contributed by atoms with Crippen molar-refractivity contribution >= 4 is 22.7 Å². The lowest BCUT2D eigenvalue weighted by molar-refractivity contribution is -0.138. The highest BCUT2D eigenvalue weighted by Crippen LogP contribution is 2.35. The van der Waals surface area contributed by atoms with E-state index in [0.29, 0.717) is 0 Å². The number of alkyl halides is 3. The normalized spacial score (nSPS) is 13.9. The van der Waals surface area contributed by atoms with Gasteiger partial charge in [0.25, 0.3) is 0 Å². The zero-order chi connectivity index (χ0) is 11.6. The van der Waals surface area contributed by atoms with E-state index in [1.165, 1.54) is 6.07 Å². The fourth-order valence-electron chi connectivity index (χ4n) is 1.09. The average molecular weight is 259 g/mol. The summed E-state index contributed by atoms with van der Waals surface area (Å²) >= 11 is 3.18. The predicted octanol–water partition coefficient (Wildman–Crippen LogP) is 3.08. The molecule has 1 rings (SSSR count). The van der Waals surface area contributed by atoms with Gasteiger partial charge in [0.2, 0.25) is 0 Å². The Morgan fingerprint density at radius 3 is 2.47 bits per heavy atom. The molecule has 1 unspecified atom stereocenters. The molecule has 2 nitrogen and oxygen atoms in total. The highest BCUT2D eigenvalue weighted by molar-refractivity contribution is 7.78. The molecule has 0 bridgehead atoms. The van der Waals surface area contributed by atoms with E-state index in [-0.39, 0.29) is 10.6 Å². The summed E-state index contributed by atoms with van der Waals surface area (Å²) in [5.41, 5.74) is -1.33. The molecular weight excluding hydrogens is 253 g/mol. The van der Waals surface area contributed by atoms with Crippen molar-refractivity contribution in [2.24, 2.45) is 0 Å². The molecule has 0 aromatic heterocycles. The number of hydrogen-bond donors (Lipinski definition) is 1. The van der Waals surface area contributed by atoms with E-state index in [1.807, 2.05) is 0 Å². The van der Waals surface area contributed by atoms with E-state index in [0.717, 1.165) is 12.1 Å². The van der Waals surface area contributed by atoms with E-state index in [4.69, 9.17) is 16.2 Å². The maximum absolute atomic E-state index is 12.4. The first-order valence-electron chi connectivity index (χ1n) is 3.74. The van der Waals surface area contributed by atoms with Gasteiger partial charge in [0.15, 0.2) is 11.1 Å². The zero-order valence-corrected chi connectivity index (χ0v) is 8.79. The highest BCUT2D eigenvalue weighted by atomic mass is 35.5. The molecule has 0 saturated heterocycles. The van der Waals surface area contributed by atoms with Crippen molar-refractivity contribution in [1.82, 2.24) is 0 Å². The molecule has 0 fully saturated rings. The maximum atomic E-state index is 12.4. The van der Waals surface area contributed by atoms with Crippen LogP contribution >= 0.6 is 11.6 Å². The number of rotatable bonds is 2. The third kappa shape index (κ3) is 3.19. The lowest BCUT2D eigenvalue weighted by Gasteiger charge is -2.12. The van der Waals surface area contributed by atoms with Gasteiger partial charge in [-0.1, -0.05) is 17.7 Å². The fourth-order valence-corrected chi connectivity index (χ4v) is 1.97. The quantitative estimate of drug-likeness (QED) is 0.828. The lowest BCUT2D eigenvalue weighted by atomic mass is 10.1. The van der Waals surface area contributed by atoms with Crippen LogP contribution < -0.4 is 0 Å². The van der Waals surface area contributed by atoms with Crippen molar-refractivity contribution < 1.29 is 21.9 Å². The molecule has 1 aromatic rings. The third-order valence-corrected chi connectivity index (χ3v) is 2.58. The molecule has 1 aromatic carbocycles. The second kappa shape index (κ2) is 4.51. The van der Waals surface area contributed by atoms with Gasteiger partial charge in [-0.15, -0.1) is 0 Å². The van der Waals surface area contributed by atoms with Crippen LogP contribution in [0.1, 0.15) is 11.1 Å². The molecule has 1 N–H and O–H groups in total. The molecule has 0 aliphatic heterocycles. The monoisotopic (exact) mass is 258 g/mol. The molecule has 0 amide bonds. The summed E-state index contributed by atoms with van der Waals surface area (Å²) in [6, 6.07) is 3.22. The van der Waals surface area contributed by atoms with Gasteiger partial charge >= 0.3 is 6.18 Å². The van der Waals surface area contributed by atoms with Crippen LogP contribution in [0.25, 0.3) is 0 Å². The molecule has 0 spiro atoms. The van der Waals surface area contributed by atoms with E-state index in [9.17, 15) is 17.4 Å². The molecule has 0 aliphatic carbocycles. The van der Waals surface area contributed by atoms with Crippen LogP contribution in [-0.4, -0.2) is 8.76 Å². The van der Waals surface area contributed by atoms with Crippen molar-refractivity contribution in [3.05, 3.63) is 34.3 Å². The highest BCUT2D eigenvalue weighted by Gasteiger charge is 2.34. The summed E-state index contributed by atoms with van der Waals surface area (Å²) in [5.74, 6) is -0.630. The summed E-state index contributed by atoms with van der Waals surface area (Å²) in [5, 5.41) is -0.160. The number of benzene rings is 1. The summed E-state index contributed by atoms with van der Waals surface area (Å²) in [6.07, 6.45) is -4.57. The van der Waals surface area contributed by atoms with Crippen LogP contribution in [-0.2, 0) is 23.0 Å². The molecular formula is C8H6ClF3O2S. The minimum Gasteiger partial charge on any atom is -0.306 e. The molecule has 0 radical (unpaired) electrons. The van der Waals surface area contributed by atoms with E-state index in [2.05, 4.69) is 0 Å². The standard InChI is InChI=1S/C8H6ClF3O2S/c9-7-3-1-2-6(8(10,11)12)5(7)4-15(13)14/h1-3H,4H2,(H,13,14). The fraction of sp³-hybridized carbons (Fsp3) is 0.250. The first-order chi connectivity index (χ1) is 6.82. The minimum atomic E-state index is -4.57. The topological polar surface area (TPSA) is 37.3 Å². The van der Waals surface area contributed by atoms with Crippen LogP contribution in [0.4, 0.5) is 13.2 Å². The first-order valence-corrected chi connectivity index (χ1v) is 5.40. The van der Waals surface area contributed by atoms with Gasteiger partial charge in [0.05, 0.1) is 11.3 Å². The predicted molar refractivity (Wildman–Crippen MR) is 50.9 cm³/mol. The summed E-state index contributed by atoms with van der Waals surface area (Å²) in [6.45, 7) is 0. The largest absolute Gasteiger partial charge is 0.416 e. The number of hydrogen-bond acceptors (Lipinski definition) is 1. The second-order valence-electron chi connectivity index (χ2n) is 2.73. The SMILES string of the molecule is O=S(O)Cc1c(Cl)cccc1C(F)(F)F. The molecule has 1 atom stereocenters. The smallest absolute Gasteiger partial charge is 0.306 e. The van der Waals surface area contributed by atoms with Crippen molar-refractivity contribution in [1.29, 1.82) is 0 Å². The van der Waals surface area contributed by atoms with E-state index in [1.54, 1.807) is 0 Å². The molecule has 15 heavy (non-hydrogen) atoms. The molecule has 84 valence electrons. The Hall–Kier alpha value is -0.590. The first kappa shape index (κ1) is 12.5. The van der Waals surface area contributed by atoms with Gasteiger partial charge in [0.1, 0.15) is 0 Å². The zero-order valence-electron chi connectivity index (χ0n) is 7.21. The van der Waals surface area contributed by atoms with Gasteiger partial charge in [-0.3, -0.25) is 0 Å². The lowest BCUT2D eigenvalue weighted by Crippen LogP contribution is -2.10. The maximum Gasteiger partial charge on any atom is 0.416 e. The van der Waals surface area contributed by atoms with Gasteiger partial charge in [0, 0.05) is 5.02 Å². The Balaban J connectivity index is 3.26. The Morgan fingerprint density at radius 2 is 2.00 bits per heavy atom. The van der Waals surface area contributed by atoms with Gasteiger partial charge in [-0.2, -0.15) is 13.2 Å². The molecule has 0 saturated carbocycles. The average Bonchev–Trinajstić information content (AvgIpc) is 2.05. The molecule has 0 aliphatic rings. The summed E-state index contributed by atoms with van der Waals surface area (Å²) < 4.78 is 56.4. The second-order valence-corrected chi connectivity index (χ2v) is 4.07. The van der Waals surface area contributed by atoms with Crippen molar-refractivity contribution in [3.63, 3.8) is 0 Å². The van der Waals surface area contributed by atoms with Gasteiger partial charge < -0.3 is 4.55 Å². The van der Waals surface area contributed by atoms with Crippen LogP contribution in [0.3, 0.4) is 0 Å². The van der Waals surface area contributed by atoms with Crippen LogP contribution in [0.2, 0.25) is 5.02 Å². The third-order valence-electron chi connectivity index (χ3n) is 1.69. The Labute approximate surface area is 91.3 Å². The van der Waals surface area contributed by atoms with Crippen LogP contribution in [0, 0.1) is 0 Å². The van der Waals surface area contributed by atoms with Crippen molar-refractivity contribution in [2.75, 3.05) is 0 Å². The van der Waals surface area contributed by atoms with Crippen LogP contribution in [0.15, 0.2) is 18.2 Å². The molecule has 0 heterocycles. The van der Waals surface area contributed by atoms with E-state index < -0.39 is 28.6 Å². The van der Waals surface area contributed by atoms with Crippen molar-refractivity contribution in [2.45, 2.75) is 11.9 Å². The Morgan fingerprint density at radius 1 is 1.40 bits per heavy atom. The molecule has 7 heteroatoms. The van der Waals surface area contributed by atoms with Crippen molar-refractivity contribution in [3.8, 4) is 0 Å². The Bertz CT molecular complexity index is 392. The van der Waals surface area contributed by atoms with E-state index >= 15 is 0 Å². The summed E-state index contributed by atoms with van der Waals surface area (Å²) in [7, 11) is 0. The number of halogens is 4. The summed E-state index contributed by atoms with van der Waals surface area (Å²) in [4.78, 5) is 0. The van der Waals surface area contributed by atoms with Gasteiger partial charge in [-0.25, -0.2) is 4.21 Å².